The van der Waals surface area contributed by atoms with E-state index in [0.29, 0.717) is 13.0 Å². The van der Waals surface area contributed by atoms with Crippen LogP contribution in [0.25, 0.3) is 0 Å². The van der Waals surface area contributed by atoms with Crippen LogP contribution in [-0.4, -0.2) is 17.1 Å². The van der Waals surface area contributed by atoms with Gasteiger partial charge in [-0.1, -0.05) is 50.1 Å². The molecule has 0 spiro atoms. The van der Waals surface area contributed by atoms with Crippen molar-refractivity contribution < 1.29 is 14.7 Å². The fourth-order valence-corrected chi connectivity index (χ4v) is 1.44. The highest BCUT2D eigenvalue weighted by molar-refractivity contribution is 5.73. The quantitative estimate of drug-likeness (QED) is 0.681. The van der Waals surface area contributed by atoms with Gasteiger partial charge in [-0.05, 0) is 12.0 Å². The van der Waals surface area contributed by atoms with Crippen molar-refractivity contribution in [2.24, 2.45) is 0 Å². The molecule has 4 nitrogen and oxygen atoms in total. The zero-order valence-electron chi connectivity index (χ0n) is 10.1. The van der Waals surface area contributed by atoms with E-state index in [4.69, 9.17) is 9.94 Å². The molecule has 0 fully saturated rings. The van der Waals surface area contributed by atoms with E-state index in [1.54, 1.807) is 0 Å². The van der Waals surface area contributed by atoms with E-state index in [2.05, 4.69) is 5.48 Å². The molecule has 0 aliphatic rings. The maximum atomic E-state index is 10.9. The van der Waals surface area contributed by atoms with Crippen molar-refractivity contribution in [1.82, 2.24) is 5.48 Å². The molecule has 1 rings (SSSR count). The van der Waals surface area contributed by atoms with Gasteiger partial charge in [0.15, 0.2) is 0 Å². The molecule has 1 aromatic rings. The normalized spacial score (nSPS) is 12.3. The summed E-state index contributed by atoms with van der Waals surface area (Å²) in [5.41, 5.74) is 3.62. The molecule has 2 N–H and O–H groups in total. The third kappa shape index (κ3) is 5.47. The van der Waals surface area contributed by atoms with Crippen LogP contribution in [-0.2, 0) is 16.2 Å². The molecule has 17 heavy (non-hydrogen) atoms. The van der Waals surface area contributed by atoms with Crippen molar-refractivity contribution in [2.45, 2.75) is 38.8 Å². The number of carboxylic acids is 1. The smallest absolute Gasteiger partial charge is 0.323 e. The Morgan fingerprint density at radius 2 is 2.12 bits per heavy atom. The Morgan fingerprint density at radius 1 is 1.41 bits per heavy atom. The lowest BCUT2D eigenvalue weighted by Gasteiger charge is -2.13. The number of hydrogen-bond acceptors (Lipinski definition) is 3. The highest BCUT2D eigenvalue weighted by Crippen LogP contribution is 2.03. The average Bonchev–Trinajstić information content (AvgIpc) is 2.34. The number of carboxylic acid groups (broad SMARTS) is 1. The lowest BCUT2D eigenvalue weighted by molar-refractivity contribution is -0.145. The number of unbranched alkanes of at least 4 members (excludes halogenated alkanes) is 1. The van der Waals surface area contributed by atoms with Gasteiger partial charge < -0.3 is 5.11 Å². The van der Waals surface area contributed by atoms with E-state index in [-0.39, 0.29) is 0 Å². The predicted octanol–water partition coefficient (Wildman–Crippen LogP) is 2.35. The molecule has 94 valence electrons. The van der Waals surface area contributed by atoms with Crippen molar-refractivity contribution in [3.8, 4) is 0 Å². The van der Waals surface area contributed by atoms with Crippen LogP contribution in [0.1, 0.15) is 31.7 Å². The first kappa shape index (κ1) is 13.7. The summed E-state index contributed by atoms with van der Waals surface area (Å²) in [6, 6.07) is 9.01. The van der Waals surface area contributed by atoms with Gasteiger partial charge in [-0.2, -0.15) is 5.48 Å². The van der Waals surface area contributed by atoms with Gasteiger partial charge in [-0.15, -0.1) is 0 Å². The fourth-order valence-electron chi connectivity index (χ4n) is 1.44. The van der Waals surface area contributed by atoms with Gasteiger partial charge in [-0.25, -0.2) is 0 Å². The number of carbonyl (C=O) groups is 1. The monoisotopic (exact) mass is 237 g/mol. The van der Waals surface area contributed by atoms with E-state index >= 15 is 0 Å². The van der Waals surface area contributed by atoms with Gasteiger partial charge in [0.25, 0.3) is 0 Å². The van der Waals surface area contributed by atoms with Crippen LogP contribution in [0.4, 0.5) is 0 Å². The third-order valence-corrected chi connectivity index (χ3v) is 2.45. The van der Waals surface area contributed by atoms with Gasteiger partial charge in [0, 0.05) is 0 Å². The first-order chi connectivity index (χ1) is 8.24. The molecule has 0 saturated heterocycles. The average molecular weight is 237 g/mol. The summed E-state index contributed by atoms with van der Waals surface area (Å²) in [5, 5.41) is 8.95. The number of nitrogens with one attached hydrogen (secondary N) is 1. The van der Waals surface area contributed by atoms with Crippen LogP contribution in [0.15, 0.2) is 30.3 Å². The Balaban J connectivity index is 2.29. The van der Waals surface area contributed by atoms with E-state index in [0.717, 1.165) is 18.4 Å². The van der Waals surface area contributed by atoms with Crippen LogP contribution < -0.4 is 5.48 Å². The van der Waals surface area contributed by atoms with Crippen molar-refractivity contribution in [1.29, 1.82) is 0 Å². The minimum Gasteiger partial charge on any atom is -0.480 e. The zero-order valence-corrected chi connectivity index (χ0v) is 10.1. The lowest BCUT2D eigenvalue weighted by Crippen LogP contribution is -2.36. The van der Waals surface area contributed by atoms with Crippen LogP contribution >= 0.6 is 0 Å². The topological polar surface area (TPSA) is 58.6 Å². The van der Waals surface area contributed by atoms with E-state index in [9.17, 15) is 4.79 Å². The number of hydroxylamine groups is 1. The molecular formula is C13H19NO3. The summed E-state index contributed by atoms with van der Waals surface area (Å²) in [6.45, 7) is 2.40. The van der Waals surface area contributed by atoms with Gasteiger partial charge in [-0.3, -0.25) is 9.63 Å². The summed E-state index contributed by atoms with van der Waals surface area (Å²) < 4.78 is 0. The Bertz CT molecular complexity index is 327. The molecule has 0 aliphatic carbocycles. The maximum absolute atomic E-state index is 10.9. The van der Waals surface area contributed by atoms with Gasteiger partial charge in [0.05, 0.1) is 6.61 Å². The minimum absolute atomic E-state index is 0.372. The first-order valence-corrected chi connectivity index (χ1v) is 5.88. The molecule has 0 aromatic heterocycles. The summed E-state index contributed by atoms with van der Waals surface area (Å²) in [7, 11) is 0. The van der Waals surface area contributed by atoms with Gasteiger partial charge >= 0.3 is 5.97 Å². The standard InChI is InChI=1S/C13H19NO3/c1-2-3-9-12(13(15)16)14-17-10-11-7-5-4-6-8-11/h4-8,12,14H,2-3,9-10H2,1H3,(H,15,16). The van der Waals surface area contributed by atoms with Gasteiger partial charge in [0.2, 0.25) is 0 Å². The molecule has 1 atom stereocenters. The molecule has 0 heterocycles. The van der Waals surface area contributed by atoms with Gasteiger partial charge in [0.1, 0.15) is 6.04 Å². The van der Waals surface area contributed by atoms with Crippen LogP contribution in [0.5, 0.6) is 0 Å². The van der Waals surface area contributed by atoms with Crippen LogP contribution in [0.2, 0.25) is 0 Å². The fraction of sp³-hybridized carbons (Fsp3) is 0.462. The molecule has 0 saturated carbocycles. The second-order valence-corrected chi connectivity index (χ2v) is 3.93. The van der Waals surface area contributed by atoms with Crippen molar-refractivity contribution in [3.05, 3.63) is 35.9 Å². The van der Waals surface area contributed by atoms with E-state index < -0.39 is 12.0 Å². The first-order valence-electron chi connectivity index (χ1n) is 5.88. The SMILES string of the molecule is CCCCC(NOCc1ccccc1)C(=O)O. The summed E-state index contributed by atoms with van der Waals surface area (Å²) in [4.78, 5) is 16.1. The third-order valence-electron chi connectivity index (χ3n) is 2.45. The zero-order chi connectivity index (χ0) is 12.5. The molecule has 0 bridgehead atoms. The molecule has 1 aromatic carbocycles. The minimum atomic E-state index is -0.869. The summed E-state index contributed by atoms with van der Waals surface area (Å²) >= 11 is 0. The molecule has 1 unspecified atom stereocenters. The molecule has 0 amide bonds. The van der Waals surface area contributed by atoms with Crippen LogP contribution in [0, 0.1) is 0 Å². The number of hydrogen-bond donors (Lipinski definition) is 2. The predicted molar refractivity (Wildman–Crippen MR) is 65.3 cm³/mol. The number of benzene rings is 1. The maximum Gasteiger partial charge on any atom is 0.323 e. The van der Waals surface area contributed by atoms with Crippen LogP contribution in [0.3, 0.4) is 0 Å². The number of aliphatic carboxylic acids is 1. The molecule has 0 radical (unpaired) electrons. The summed E-state index contributed by atoms with van der Waals surface area (Å²) in [5.74, 6) is -0.869. The Hall–Kier alpha value is -1.39. The van der Waals surface area contributed by atoms with E-state index in [1.807, 2.05) is 37.3 Å². The van der Waals surface area contributed by atoms with Crippen molar-refractivity contribution in [2.75, 3.05) is 0 Å². The lowest BCUT2D eigenvalue weighted by atomic mass is 10.1. The molecule has 0 aliphatic heterocycles. The second kappa shape index (κ2) is 7.81. The largest absolute Gasteiger partial charge is 0.480 e. The van der Waals surface area contributed by atoms with Crippen molar-refractivity contribution >= 4 is 5.97 Å². The molecular weight excluding hydrogens is 218 g/mol. The Morgan fingerprint density at radius 3 is 2.71 bits per heavy atom. The Labute approximate surface area is 102 Å². The summed E-state index contributed by atoms with van der Waals surface area (Å²) in [6.07, 6.45) is 2.43. The van der Waals surface area contributed by atoms with E-state index in [1.165, 1.54) is 0 Å². The number of rotatable bonds is 8. The highest BCUT2D eigenvalue weighted by Gasteiger charge is 2.16. The second-order valence-electron chi connectivity index (χ2n) is 3.93. The van der Waals surface area contributed by atoms with Crippen molar-refractivity contribution in [3.63, 3.8) is 0 Å². The highest BCUT2D eigenvalue weighted by atomic mass is 16.6. The molecule has 4 heteroatoms. The Kier molecular flexibility index (Phi) is 6.29.